The molecule has 0 saturated carbocycles. The minimum atomic E-state index is -0.212. The van der Waals surface area contributed by atoms with Crippen molar-refractivity contribution in [3.63, 3.8) is 0 Å². The van der Waals surface area contributed by atoms with Crippen molar-refractivity contribution in [3.05, 3.63) is 46.7 Å². The van der Waals surface area contributed by atoms with E-state index < -0.39 is 0 Å². The third-order valence-electron chi connectivity index (χ3n) is 2.94. The van der Waals surface area contributed by atoms with Gasteiger partial charge in [0.05, 0.1) is 11.4 Å². The SMILES string of the molecule is CCCNC(=O)CNC(=O)c1sccc1-c1ccccc1. The standard InChI is InChI=1S/C16H18N2O2S/c1-2-9-17-14(19)11-18-16(20)15-13(8-10-21-15)12-6-4-3-5-7-12/h3-8,10H,2,9,11H2,1H3,(H,17,19)(H,18,20). The number of carbonyl (C=O) groups excluding carboxylic acids is 2. The lowest BCUT2D eigenvalue weighted by molar-refractivity contribution is -0.120. The number of carbonyl (C=O) groups is 2. The molecule has 0 spiro atoms. The predicted molar refractivity (Wildman–Crippen MR) is 85.4 cm³/mol. The Labute approximate surface area is 128 Å². The molecule has 2 amide bonds. The first kappa shape index (κ1) is 15.3. The number of rotatable bonds is 6. The summed E-state index contributed by atoms with van der Waals surface area (Å²) in [5.41, 5.74) is 1.89. The van der Waals surface area contributed by atoms with Gasteiger partial charge in [0.25, 0.3) is 5.91 Å². The maximum Gasteiger partial charge on any atom is 0.262 e. The molecule has 2 N–H and O–H groups in total. The molecule has 0 saturated heterocycles. The molecule has 110 valence electrons. The van der Waals surface area contributed by atoms with Crippen LogP contribution in [0.15, 0.2) is 41.8 Å². The normalized spacial score (nSPS) is 10.1. The van der Waals surface area contributed by atoms with Crippen LogP contribution in [-0.4, -0.2) is 24.9 Å². The van der Waals surface area contributed by atoms with E-state index in [1.54, 1.807) is 0 Å². The largest absolute Gasteiger partial charge is 0.355 e. The number of benzene rings is 1. The second-order valence-corrected chi connectivity index (χ2v) is 5.48. The molecule has 0 radical (unpaired) electrons. The lowest BCUT2D eigenvalue weighted by Crippen LogP contribution is -2.37. The lowest BCUT2D eigenvalue weighted by atomic mass is 10.1. The molecule has 2 rings (SSSR count). The lowest BCUT2D eigenvalue weighted by Gasteiger charge is -2.07. The molecule has 1 heterocycles. The van der Waals surface area contributed by atoms with Crippen LogP contribution in [0.3, 0.4) is 0 Å². The van der Waals surface area contributed by atoms with Crippen molar-refractivity contribution in [1.29, 1.82) is 0 Å². The van der Waals surface area contributed by atoms with E-state index in [0.717, 1.165) is 17.5 Å². The van der Waals surface area contributed by atoms with Crippen molar-refractivity contribution in [2.45, 2.75) is 13.3 Å². The zero-order valence-electron chi connectivity index (χ0n) is 11.9. The topological polar surface area (TPSA) is 58.2 Å². The van der Waals surface area contributed by atoms with Crippen LogP contribution in [0.5, 0.6) is 0 Å². The Balaban J connectivity index is 2.01. The highest BCUT2D eigenvalue weighted by Crippen LogP contribution is 2.27. The van der Waals surface area contributed by atoms with Crippen LogP contribution >= 0.6 is 11.3 Å². The van der Waals surface area contributed by atoms with Crippen LogP contribution in [0.25, 0.3) is 11.1 Å². The predicted octanol–water partition coefficient (Wildman–Crippen LogP) is 2.67. The third kappa shape index (κ3) is 4.16. The van der Waals surface area contributed by atoms with E-state index in [2.05, 4.69) is 10.6 Å². The van der Waals surface area contributed by atoms with Gasteiger partial charge in [0.15, 0.2) is 0 Å². The number of nitrogens with one attached hydrogen (secondary N) is 2. The molecular formula is C16H18N2O2S. The van der Waals surface area contributed by atoms with Crippen LogP contribution in [0.1, 0.15) is 23.0 Å². The fourth-order valence-corrected chi connectivity index (χ4v) is 2.73. The summed E-state index contributed by atoms with van der Waals surface area (Å²) in [6.45, 7) is 2.62. The Kier molecular flexibility index (Phi) is 5.51. The number of hydrogen-bond acceptors (Lipinski definition) is 3. The second-order valence-electron chi connectivity index (χ2n) is 4.56. The number of amides is 2. The molecule has 0 bridgehead atoms. The Morgan fingerprint density at radius 1 is 1.10 bits per heavy atom. The van der Waals surface area contributed by atoms with Crippen molar-refractivity contribution in [1.82, 2.24) is 10.6 Å². The Morgan fingerprint density at radius 2 is 1.86 bits per heavy atom. The maximum atomic E-state index is 12.2. The highest BCUT2D eigenvalue weighted by molar-refractivity contribution is 7.12. The minimum absolute atomic E-state index is 0.00492. The molecule has 0 unspecified atom stereocenters. The first-order valence-corrected chi connectivity index (χ1v) is 7.78. The van der Waals surface area contributed by atoms with Gasteiger partial charge in [-0.25, -0.2) is 0 Å². The van der Waals surface area contributed by atoms with Crippen LogP contribution in [0.4, 0.5) is 0 Å². The number of hydrogen-bond donors (Lipinski definition) is 2. The minimum Gasteiger partial charge on any atom is -0.355 e. The van der Waals surface area contributed by atoms with Gasteiger partial charge in [0, 0.05) is 12.1 Å². The molecule has 5 heteroatoms. The van der Waals surface area contributed by atoms with Gasteiger partial charge >= 0.3 is 0 Å². The molecule has 21 heavy (non-hydrogen) atoms. The quantitative estimate of drug-likeness (QED) is 0.862. The molecular weight excluding hydrogens is 284 g/mol. The summed E-state index contributed by atoms with van der Waals surface area (Å²) in [6.07, 6.45) is 0.878. The van der Waals surface area contributed by atoms with Crippen LogP contribution in [-0.2, 0) is 4.79 Å². The Hall–Kier alpha value is -2.14. The first-order valence-electron chi connectivity index (χ1n) is 6.90. The van der Waals surface area contributed by atoms with E-state index in [1.807, 2.05) is 48.7 Å². The Bertz CT molecular complexity index is 608. The smallest absolute Gasteiger partial charge is 0.262 e. The van der Waals surface area contributed by atoms with Gasteiger partial charge < -0.3 is 10.6 Å². The van der Waals surface area contributed by atoms with Crippen molar-refractivity contribution in [3.8, 4) is 11.1 Å². The molecule has 0 fully saturated rings. The fourth-order valence-electron chi connectivity index (χ4n) is 1.90. The molecule has 1 aromatic heterocycles. The van der Waals surface area contributed by atoms with Gasteiger partial charge in [-0.3, -0.25) is 9.59 Å². The van der Waals surface area contributed by atoms with Crippen molar-refractivity contribution < 1.29 is 9.59 Å². The average molecular weight is 302 g/mol. The molecule has 1 aromatic carbocycles. The van der Waals surface area contributed by atoms with Crippen LogP contribution in [0.2, 0.25) is 0 Å². The third-order valence-corrected chi connectivity index (χ3v) is 3.85. The van der Waals surface area contributed by atoms with Crippen molar-refractivity contribution in [2.24, 2.45) is 0 Å². The van der Waals surface area contributed by atoms with Gasteiger partial charge in [-0.05, 0) is 23.4 Å². The van der Waals surface area contributed by atoms with Gasteiger partial charge in [0.2, 0.25) is 5.91 Å². The van der Waals surface area contributed by atoms with Gasteiger partial charge in [-0.15, -0.1) is 11.3 Å². The highest BCUT2D eigenvalue weighted by atomic mass is 32.1. The molecule has 0 atom stereocenters. The Morgan fingerprint density at radius 3 is 2.57 bits per heavy atom. The van der Waals surface area contributed by atoms with Crippen molar-refractivity contribution in [2.75, 3.05) is 13.1 Å². The van der Waals surface area contributed by atoms with Gasteiger partial charge in [-0.1, -0.05) is 37.3 Å². The van der Waals surface area contributed by atoms with E-state index in [1.165, 1.54) is 11.3 Å². The van der Waals surface area contributed by atoms with Gasteiger partial charge in [0.1, 0.15) is 0 Å². The van der Waals surface area contributed by atoms with Crippen LogP contribution < -0.4 is 10.6 Å². The summed E-state index contributed by atoms with van der Waals surface area (Å²) in [7, 11) is 0. The van der Waals surface area contributed by atoms with E-state index in [-0.39, 0.29) is 18.4 Å². The summed E-state index contributed by atoms with van der Waals surface area (Å²) in [6, 6.07) is 11.7. The van der Waals surface area contributed by atoms with E-state index in [0.29, 0.717) is 11.4 Å². The molecule has 0 aliphatic rings. The molecule has 0 aliphatic heterocycles. The summed E-state index contributed by atoms with van der Waals surface area (Å²) in [5, 5.41) is 7.28. The van der Waals surface area contributed by atoms with E-state index in [9.17, 15) is 9.59 Å². The average Bonchev–Trinajstić information content (AvgIpc) is 3.01. The molecule has 0 aliphatic carbocycles. The summed E-state index contributed by atoms with van der Waals surface area (Å²) >= 11 is 1.38. The zero-order chi connectivity index (χ0) is 15.1. The highest BCUT2D eigenvalue weighted by Gasteiger charge is 2.15. The van der Waals surface area contributed by atoms with Gasteiger partial charge in [-0.2, -0.15) is 0 Å². The monoisotopic (exact) mass is 302 g/mol. The maximum absolute atomic E-state index is 12.2. The summed E-state index contributed by atoms with van der Waals surface area (Å²) < 4.78 is 0. The summed E-state index contributed by atoms with van der Waals surface area (Å²) in [4.78, 5) is 24.3. The fraction of sp³-hybridized carbons (Fsp3) is 0.250. The van der Waals surface area contributed by atoms with E-state index >= 15 is 0 Å². The van der Waals surface area contributed by atoms with Crippen LogP contribution in [0, 0.1) is 0 Å². The zero-order valence-corrected chi connectivity index (χ0v) is 12.7. The summed E-state index contributed by atoms with van der Waals surface area (Å²) in [5.74, 6) is -0.376. The molecule has 4 nitrogen and oxygen atoms in total. The first-order chi connectivity index (χ1) is 10.2. The molecule has 2 aromatic rings. The number of thiophene rings is 1. The second kappa shape index (κ2) is 7.59. The van der Waals surface area contributed by atoms with Crippen molar-refractivity contribution >= 4 is 23.2 Å². The van der Waals surface area contributed by atoms with E-state index in [4.69, 9.17) is 0 Å².